The fourth-order valence-corrected chi connectivity index (χ4v) is 3.05. The molecular formula is C17H22N2O2. The Hall–Kier alpha value is -1.84. The van der Waals surface area contributed by atoms with Gasteiger partial charge < -0.3 is 10.2 Å². The van der Waals surface area contributed by atoms with Crippen molar-refractivity contribution in [2.45, 2.75) is 32.6 Å². The maximum Gasteiger partial charge on any atom is 0.228 e. The van der Waals surface area contributed by atoms with Crippen LogP contribution in [-0.2, 0) is 9.59 Å². The zero-order valence-electron chi connectivity index (χ0n) is 12.5. The summed E-state index contributed by atoms with van der Waals surface area (Å²) in [7, 11) is 0. The van der Waals surface area contributed by atoms with Crippen LogP contribution in [0, 0.1) is 18.8 Å². The Morgan fingerprint density at radius 2 is 1.81 bits per heavy atom. The number of anilines is 1. The van der Waals surface area contributed by atoms with Crippen LogP contribution in [0.4, 0.5) is 5.69 Å². The van der Waals surface area contributed by atoms with Gasteiger partial charge in [-0.2, -0.15) is 0 Å². The standard InChI is InChI=1S/C17H22N2O2/c1-12-7-3-4-8-15(12)18-16(20)13-11-14(13)17(21)19-9-5-2-6-10-19/h3-4,7-8,13-14H,2,5-6,9-11H2,1H3,(H,18,20). The molecule has 1 aromatic carbocycles. The van der Waals surface area contributed by atoms with Crippen LogP contribution in [-0.4, -0.2) is 29.8 Å². The third-order valence-corrected chi connectivity index (χ3v) is 4.52. The minimum atomic E-state index is -0.140. The molecule has 2 fully saturated rings. The van der Waals surface area contributed by atoms with Crippen LogP contribution in [0.1, 0.15) is 31.2 Å². The highest BCUT2D eigenvalue weighted by atomic mass is 16.2. The largest absolute Gasteiger partial charge is 0.342 e. The van der Waals surface area contributed by atoms with Crippen molar-refractivity contribution >= 4 is 17.5 Å². The highest BCUT2D eigenvalue weighted by Crippen LogP contribution is 2.41. The van der Waals surface area contributed by atoms with E-state index in [1.165, 1.54) is 6.42 Å². The molecule has 1 aliphatic heterocycles. The maximum atomic E-state index is 12.3. The highest BCUT2D eigenvalue weighted by Gasteiger charge is 2.49. The van der Waals surface area contributed by atoms with Gasteiger partial charge in [0.15, 0.2) is 0 Å². The molecular weight excluding hydrogens is 264 g/mol. The summed E-state index contributed by atoms with van der Waals surface area (Å²) in [6, 6.07) is 7.73. The number of hydrogen-bond acceptors (Lipinski definition) is 2. The molecule has 4 nitrogen and oxygen atoms in total. The molecule has 1 N–H and O–H groups in total. The summed E-state index contributed by atoms with van der Waals surface area (Å²) in [6.07, 6.45) is 4.11. The lowest BCUT2D eigenvalue weighted by molar-refractivity contribution is -0.134. The van der Waals surface area contributed by atoms with Crippen molar-refractivity contribution in [3.8, 4) is 0 Å². The van der Waals surface area contributed by atoms with Crippen molar-refractivity contribution < 1.29 is 9.59 Å². The van der Waals surface area contributed by atoms with Crippen molar-refractivity contribution in [3.63, 3.8) is 0 Å². The van der Waals surface area contributed by atoms with Gasteiger partial charge in [-0.3, -0.25) is 9.59 Å². The molecule has 1 aromatic rings. The molecule has 0 aromatic heterocycles. The molecule has 2 aliphatic rings. The number of nitrogens with one attached hydrogen (secondary N) is 1. The van der Waals surface area contributed by atoms with Gasteiger partial charge in [0, 0.05) is 18.8 Å². The number of likely N-dealkylation sites (tertiary alicyclic amines) is 1. The average molecular weight is 286 g/mol. The van der Waals surface area contributed by atoms with Crippen LogP contribution in [0.3, 0.4) is 0 Å². The van der Waals surface area contributed by atoms with Gasteiger partial charge in [0.1, 0.15) is 0 Å². The fraction of sp³-hybridized carbons (Fsp3) is 0.529. The SMILES string of the molecule is Cc1ccccc1NC(=O)C1CC1C(=O)N1CCCCC1. The summed E-state index contributed by atoms with van der Waals surface area (Å²) in [5.41, 5.74) is 1.89. The predicted octanol–water partition coefficient (Wildman–Crippen LogP) is 2.58. The molecule has 0 spiro atoms. The van der Waals surface area contributed by atoms with Gasteiger partial charge in [-0.15, -0.1) is 0 Å². The molecule has 2 unspecified atom stereocenters. The van der Waals surface area contributed by atoms with E-state index in [0.29, 0.717) is 6.42 Å². The van der Waals surface area contributed by atoms with Crippen LogP contribution in [0.5, 0.6) is 0 Å². The normalized spacial score (nSPS) is 24.5. The smallest absolute Gasteiger partial charge is 0.228 e. The minimum Gasteiger partial charge on any atom is -0.342 e. The molecule has 21 heavy (non-hydrogen) atoms. The Kier molecular flexibility index (Phi) is 3.95. The number of carbonyl (C=O) groups excluding carboxylic acids is 2. The first-order valence-electron chi connectivity index (χ1n) is 7.82. The van der Waals surface area contributed by atoms with Crippen molar-refractivity contribution in [3.05, 3.63) is 29.8 Å². The van der Waals surface area contributed by atoms with E-state index < -0.39 is 0 Å². The molecule has 1 saturated carbocycles. The van der Waals surface area contributed by atoms with Gasteiger partial charge in [0.2, 0.25) is 11.8 Å². The Morgan fingerprint density at radius 3 is 2.52 bits per heavy atom. The topological polar surface area (TPSA) is 49.4 Å². The number of rotatable bonds is 3. The lowest BCUT2D eigenvalue weighted by Gasteiger charge is -2.26. The first kappa shape index (κ1) is 14.1. The van der Waals surface area contributed by atoms with Crippen LogP contribution >= 0.6 is 0 Å². The number of aryl methyl sites for hydroxylation is 1. The van der Waals surface area contributed by atoms with Crippen molar-refractivity contribution in [1.29, 1.82) is 0 Å². The molecule has 2 amide bonds. The van der Waals surface area contributed by atoms with Crippen LogP contribution in [0.15, 0.2) is 24.3 Å². The van der Waals surface area contributed by atoms with Gasteiger partial charge in [0.25, 0.3) is 0 Å². The summed E-state index contributed by atoms with van der Waals surface area (Å²) in [6.45, 7) is 3.70. The van der Waals surface area contributed by atoms with E-state index >= 15 is 0 Å². The summed E-state index contributed by atoms with van der Waals surface area (Å²) in [5, 5.41) is 2.95. The maximum absolute atomic E-state index is 12.3. The molecule has 4 heteroatoms. The third-order valence-electron chi connectivity index (χ3n) is 4.52. The van der Waals surface area contributed by atoms with Crippen molar-refractivity contribution in [2.75, 3.05) is 18.4 Å². The van der Waals surface area contributed by atoms with E-state index in [1.807, 2.05) is 36.1 Å². The number of nitrogens with zero attached hydrogens (tertiary/aromatic N) is 1. The molecule has 1 heterocycles. The molecule has 2 atom stereocenters. The predicted molar refractivity (Wildman–Crippen MR) is 81.8 cm³/mol. The number of benzene rings is 1. The Labute approximate surface area is 125 Å². The lowest BCUT2D eigenvalue weighted by atomic mass is 10.1. The minimum absolute atomic E-state index is 0.0142. The second-order valence-electron chi connectivity index (χ2n) is 6.14. The number of hydrogen-bond donors (Lipinski definition) is 1. The van der Waals surface area contributed by atoms with E-state index in [0.717, 1.165) is 37.2 Å². The molecule has 112 valence electrons. The van der Waals surface area contributed by atoms with E-state index in [-0.39, 0.29) is 23.7 Å². The Bertz CT molecular complexity index is 549. The molecule has 0 bridgehead atoms. The summed E-state index contributed by atoms with van der Waals surface area (Å²) >= 11 is 0. The van der Waals surface area contributed by atoms with Crippen molar-refractivity contribution in [2.24, 2.45) is 11.8 Å². The summed E-state index contributed by atoms with van der Waals surface area (Å²) < 4.78 is 0. The zero-order chi connectivity index (χ0) is 14.8. The average Bonchev–Trinajstić information content (AvgIpc) is 3.30. The Balaban J connectivity index is 1.56. The van der Waals surface area contributed by atoms with E-state index in [2.05, 4.69) is 5.32 Å². The second-order valence-corrected chi connectivity index (χ2v) is 6.14. The first-order valence-corrected chi connectivity index (χ1v) is 7.82. The van der Waals surface area contributed by atoms with E-state index in [9.17, 15) is 9.59 Å². The van der Waals surface area contributed by atoms with Gasteiger partial charge in [-0.1, -0.05) is 18.2 Å². The molecule has 3 rings (SSSR count). The molecule has 1 saturated heterocycles. The highest BCUT2D eigenvalue weighted by molar-refractivity contribution is 5.99. The van der Waals surface area contributed by atoms with Gasteiger partial charge >= 0.3 is 0 Å². The summed E-state index contributed by atoms with van der Waals surface area (Å²) in [5.74, 6) is -0.0644. The van der Waals surface area contributed by atoms with Crippen molar-refractivity contribution in [1.82, 2.24) is 4.90 Å². The monoisotopic (exact) mass is 286 g/mol. The number of amides is 2. The van der Waals surface area contributed by atoms with Crippen LogP contribution < -0.4 is 5.32 Å². The third kappa shape index (κ3) is 3.09. The van der Waals surface area contributed by atoms with Gasteiger partial charge in [-0.05, 0) is 44.2 Å². The van der Waals surface area contributed by atoms with Gasteiger partial charge in [0.05, 0.1) is 11.8 Å². The van der Waals surface area contributed by atoms with E-state index in [4.69, 9.17) is 0 Å². The van der Waals surface area contributed by atoms with E-state index in [1.54, 1.807) is 0 Å². The van der Waals surface area contributed by atoms with Crippen LogP contribution in [0.2, 0.25) is 0 Å². The Morgan fingerprint density at radius 1 is 1.10 bits per heavy atom. The first-order chi connectivity index (χ1) is 10.2. The van der Waals surface area contributed by atoms with Crippen LogP contribution in [0.25, 0.3) is 0 Å². The number of para-hydroxylation sites is 1. The second kappa shape index (κ2) is 5.88. The number of piperidine rings is 1. The number of carbonyl (C=O) groups is 2. The zero-order valence-corrected chi connectivity index (χ0v) is 12.5. The quantitative estimate of drug-likeness (QED) is 0.928. The molecule has 0 radical (unpaired) electrons. The lowest BCUT2D eigenvalue weighted by Crippen LogP contribution is -2.37. The summed E-state index contributed by atoms with van der Waals surface area (Å²) in [4.78, 5) is 26.5. The van der Waals surface area contributed by atoms with Gasteiger partial charge in [-0.25, -0.2) is 0 Å². The fourth-order valence-electron chi connectivity index (χ4n) is 3.05. The molecule has 1 aliphatic carbocycles.